The van der Waals surface area contributed by atoms with E-state index in [1.54, 1.807) is 0 Å². The van der Waals surface area contributed by atoms with Crippen molar-refractivity contribution in [1.29, 1.82) is 0 Å². The summed E-state index contributed by atoms with van der Waals surface area (Å²) < 4.78 is 0. The molecule has 0 radical (unpaired) electrons. The molecule has 3 saturated heterocycles. The molecule has 3 rings (SSSR count). The molecule has 3 nitrogen and oxygen atoms in total. The van der Waals surface area contributed by atoms with E-state index in [1.807, 2.05) is 0 Å². The molecule has 0 unspecified atom stereocenters. The summed E-state index contributed by atoms with van der Waals surface area (Å²) >= 11 is 0. The van der Waals surface area contributed by atoms with Crippen LogP contribution in [0.1, 0.15) is 122 Å². The van der Waals surface area contributed by atoms with Gasteiger partial charge in [0.15, 0.2) is 0 Å². The molecule has 0 aliphatic carbocycles. The molecule has 216 valence electrons. The first kappa shape index (κ1) is 33.9. The summed E-state index contributed by atoms with van der Waals surface area (Å²) in [4.78, 5) is 7.86. The van der Waals surface area contributed by atoms with Crippen molar-refractivity contribution in [2.24, 2.45) is 35.5 Å². The van der Waals surface area contributed by atoms with Crippen LogP contribution in [-0.4, -0.2) is 72.1 Å². The van der Waals surface area contributed by atoms with Gasteiger partial charge in [0.25, 0.3) is 0 Å². The second kappa shape index (κ2) is 17.5. The Morgan fingerprint density at radius 3 is 0.778 bits per heavy atom. The van der Waals surface area contributed by atoms with Crippen LogP contribution in [0.25, 0.3) is 0 Å². The summed E-state index contributed by atoms with van der Waals surface area (Å²) in [6, 6.07) is 2.23. The van der Waals surface area contributed by atoms with Crippen molar-refractivity contribution in [3.63, 3.8) is 0 Å². The van der Waals surface area contributed by atoms with Crippen LogP contribution in [0.2, 0.25) is 0 Å². The summed E-state index contributed by atoms with van der Waals surface area (Å²) in [5.74, 6) is 5.44. The van der Waals surface area contributed by atoms with Gasteiger partial charge in [0.1, 0.15) is 0 Å². The van der Waals surface area contributed by atoms with Gasteiger partial charge < -0.3 is 14.7 Å². The summed E-state index contributed by atoms with van der Waals surface area (Å²) in [5, 5.41) is 0. The first-order chi connectivity index (χ1) is 16.8. The number of piperidine rings is 3. The molecule has 0 saturated carbocycles. The highest BCUT2D eigenvalue weighted by Crippen LogP contribution is 2.26. The van der Waals surface area contributed by atoms with Crippen molar-refractivity contribution >= 4 is 0 Å². The van der Waals surface area contributed by atoms with E-state index >= 15 is 0 Å². The van der Waals surface area contributed by atoms with Crippen molar-refractivity contribution in [1.82, 2.24) is 14.7 Å². The van der Waals surface area contributed by atoms with Gasteiger partial charge in [-0.25, -0.2) is 0 Å². The Morgan fingerprint density at radius 2 is 0.611 bits per heavy atom. The smallest absolute Gasteiger partial charge is 0.00387 e. The van der Waals surface area contributed by atoms with Crippen molar-refractivity contribution in [2.45, 2.75) is 140 Å². The molecule has 36 heavy (non-hydrogen) atoms. The highest BCUT2D eigenvalue weighted by atomic mass is 15.2. The van der Waals surface area contributed by atoms with Crippen molar-refractivity contribution in [3.8, 4) is 0 Å². The van der Waals surface area contributed by atoms with Crippen LogP contribution in [-0.2, 0) is 0 Å². The Bertz CT molecular complexity index is 421. The first-order valence-electron chi connectivity index (χ1n) is 16.0. The zero-order valence-electron chi connectivity index (χ0n) is 27.0. The van der Waals surface area contributed by atoms with Crippen molar-refractivity contribution in [3.05, 3.63) is 0 Å². The molecule has 3 heterocycles. The second-order valence-corrected chi connectivity index (χ2v) is 14.2. The third-order valence-electron chi connectivity index (χ3n) is 9.49. The second-order valence-electron chi connectivity index (χ2n) is 14.2. The zero-order valence-corrected chi connectivity index (χ0v) is 27.0. The quantitative estimate of drug-likeness (QED) is 0.358. The molecule has 0 N–H and O–H groups in total. The van der Waals surface area contributed by atoms with E-state index in [-0.39, 0.29) is 0 Å². The van der Waals surface area contributed by atoms with Crippen LogP contribution in [0.4, 0.5) is 0 Å². The van der Waals surface area contributed by atoms with Crippen LogP contribution >= 0.6 is 0 Å². The van der Waals surface area contributed by atoms with Gasteiger partial charge >= 0.3 is 0 Å². The van der Waals surface area contributed by atoms with Crippen LogP contribution in [0.5, 0.6) is 0 Å². The molecule has 0 aromatic carbocycles. The van der Waals surface area contributed by atoms with Crippen molar-refractivity contribution < 1.29 is 0 Å². The van der Waals surface area contributed by atoms with Gasteiger partial charge in [-0.15, -0.1) is 0 Å². The zero-order chi connectivity index (χ0) is 27.4. The number of hydrogen-bond acceptors (Lipinski definition) is 3. The third kappa shape index (κ3) is 12.6. The summed E-state index contributed by atoms with van der Waals surface area (Å²) in [6.07, 6.45) is 8.55. The molecule has 0 amide bonds. The number of nitrogens with zero attached hydrogens (tertiary/aromatic N) is 3. The highest BCUT2D eigenvalue weighted by Gasteiger charge is 2.25. The number of hydrogen-bond donors (Lipinski definition) is 0. The van der Waals surface area contributed by atoms with E-state index in [2.05, 4.69) is 97.8 Å². The lowest BCUT2D eigenvalue weighted by atomic mass is 9.87. The standard InChI is InChI=1S/3C11H23N/c3*1-9(2)11-6-5-7-12(8-11)10(3)4/h3*9-11H,5-8H2,1-4H3/t3*11-/m100/s1. The van der Waals surface area contributed by atoms with Gasteiger partial charge in [0.2, 0.25) is 0 Å². The lowest BCUT2D eigenvalue weighted by Crippen LogP contribution is -2.41. The molecule has 3 aliphatic rings. The molecule has 3 heteroatoms. The molecule has 0 spiro atoms. The Labute approximate surface area is 229 Å². The maximum Gasteiger partial charge on any atom is 0.00387 e. The molecule has 0 aromatic heterocycles. The maximum atomic E-state index is 2.62. The van der Waals surface area contributed by atoms with E-state index in [0.717, 1.165) is 53.6 Å². The largest absolute Gasteiger partial charge is 0.301 e. The van der Waals surface area contributed by atoms with Gasteiger partial charge in [0.05, 0.1) is 0 Å². The monoisotopic (exact) mass is 508 g/mol. The average molecular weight is 508 g/mol. The van der Waals surface area contributed by atoms with Crippen LogP contribution in [0.15, 0.2) is 0 Å². The lowest BCUT2D eigenvalue weighted by Gasteiger charge is -2.37. The Morgan fingerprint density at radius 1 is 0.389 bits per heavy atom. The molecule has 3 atom stereocenters. The molecule has 3 aliphatic heterocycles. The van der Waals surface area contributed by atoms with E-state index < -0.39 is 0 Å². The Kier molecular flexibility index (Phi) is 16.4. The van der Waals surface area contributed by atoms with E-state index in [1.165, 1.54) is 77.8 Å². The van der Waals surface area contributed by atoms with E-state index in [0.29, 0.717) is 0 Å². The lowest BCUT2D eigenvalue weighted by molar-refractivity contribution is 0.117. The fourth-order valence-corrected chi connectivity index (χ4v) is 6.16. The first-order valence-corrected chi connectivity index (χ1v) is 16.0. The molecule has 3 fully saturated rings. The Balaban J connectivity index is 0.000000270. The fourth-order valence-electron chi connectivity index (χ4n) is 6.16. The normalized spacial score (nSPS) is 27.0. The predicted molar refractivity (Wildman–Crippen MR) is 163 cm³/mol. The van der Waals surface area contributed by atoms with Gasteiger partial charge in [-0.3, -0.25) is 0 Å². The molecular weight excluding hydrogens is 438 g/mol. The van der Waals surface area contributed by atoms with Gasteiger partial charge in [-0.1, -0.05) is 41.5 Å². The minimum atomic E-state index is 0.742. The van der Waals surface area contributed by atoms with Crippen molar-refractivity contribution in [2.75, 3.05) is 39.3 Å². The maximum absolute atomic E-state index is 2.62. The topological polar surface area (TPSA) is 9.72 Å². The number of likely N-dealkylation sites (tertiary alicyclic amines) is 3. The van der Waals surface area contributed by atoms with Crippen LogP contribution in [0, 0.1) is 35.5 Å². The molecule has 0 bridgehead atoms. The van der Waals surface area contributed by atoms with E-state index in [9.17, 15) is 0 Å². The Hall–Kier alpha value is -0.120. The third-order valence-corrected chi connectivity index (χ3v) is 9.49. The summed E-state index contributed by atoms with van der Waals surface area (Å²) in [7, 11) is 0. The molecule has 0 aromatic rings. The minimum absolute atomic E-state index is 0.742. The fraction of sp³-hybridized carbons (Fsp3) is 1.00. The number of rotatable bonds is 6. The van der Waals surface area contributed by atoms with Crippen LogP contribution in [0.3, 0.4) is 0 Å². The van der Waals surface area contributed by atoms with E-state index in [4.69, 9.17) is 0 Å². The summed E-state index contributed by atoms with van der Waals surface area (Å²) in [6.45, 7) is 35.9. The summed E-state index contributed by atoms with van der Waals surface area (Å²) in [5.41, 5.74) is 0. The van der Waals surface area contributed by atoms with Gasteiger partial charge in [-0.2, -0.15) is 0 Å². The van der Waals surface area contributed by atoms with Gasteiger partial charge in [0, 0.05) is 37.8 Å². The highest BCUT2D eigenvalue weighted by molar-refractivity contribution is 4.78. The average Bonchev–Trinajstić information content (AvgIpc) is 2.85. The SMILES string of the molecule is CC(C)[C@@H]1CCCN(C(C)C)C1.CC(C)[C@H]1CCCN(C(C)C)C1.CC(C)[C@H]1CCCN(C(C)C)C1. The van der Waals surface area contributed by atoms with Gasteiger partial charge in [-0.05, 0) is 135 Å². The molecular formula is C33H69N3. The van der Waals surface area contributed by atoms with Crippen LogP contribution < -0.4 is 0 Å². The predicted octanol–water partition coefficient (Wildman–Crippen LogP) is 8.29. The minimum Gasteiger partial charge on any atom is -0.301 e.